The molecule has 204 valence electrons. The van der Waals surface area contributed by atoms with Crippen LogP contribution in [-0.2, 0) is 16.4 Å². The zero-order chi connectivity index (χ0) is 27.9. The minimum Gasteiger partial charge on any atom is -0.340 e. The third-order valence-electron chi connectivity index (χ3n) is 7.75. The molecule has 0 bridgehead atoms. The maximum absolute atomic E-state index is 13.3. The number of amides is 2. The van der Waals surface area contributed by atoms with Gasteiger partial charge in [0.1, 0.15) is 11.4 Å². The summed E-state index contributed by atoms with van der Waals surface area (Å²) < 4.78 is 52.1. The lowest BCUT2D eigenvalue weighted by Crippen LogP contribution is -2.58. The Bertz CT molecular complexity index is 1640. The van der Waals surface area contributed by atoms with E-state index in [0.717, 1.165) is 24.0 Å². The molecule has 12 heteroatoms. The van der Waals surface area contributed by atoms with Crippen LogP contribution in [0.1, 0.15) is 51.9 Å². The molecule has 1 saturated carbocycles. The fourth-order valence-electron chi connectivity index (χ4n) is 5.40. The van der Waals surface area contributed by atoms with Crippen molar-refractivity contribution < 1.29 is 26.8 Å². The number of H-pyrrole nitrogens is 1. The number of sulfone groups is 1. The Balaban J connectivity index is 1.35. The number of aromatic nitrogens is 3. The van der Waals surface area contributed by atoms with Crippen molar-refractivity contribution in [3.63, 3.8) is 0 Å². The molecule has 3 aliphatic rings. The van der Waals surface area contributed by atoms with E-state index in [2.05, 4.69) is 15.0 Å². The number of alkyl halides is 2. The molecule has 6 rings (SSSR count). The van der Waals surface area contributed by atoms with E-state index in [1.807, 2.05) is 13.0 Å². The van der Waals surface area contributed by atoms with Gasteiger partial charge in [0.25, 0.3) is 17.7 Å². The third kappa shape index (κ3) is 4.50. The van der Waals surface area contributed by atoms with Gasteiger partial charge in [-0.25, -0.2) is 22.2 Å². The Kier molecular flexibility index (Phi) is 5.69. The summed E-state index contributed by atoms with van der Waals surface area (Å²) in [5.41, 5.74) is 3.03. The van der Waals surface area contributed by atoms with E-state index >= 15 is 0 Å². The summed E-state index contributed by atoms with van der Waals surface area (Å²) in [6.07, 6.45) is 4.77. The SMILES string of the molecule is Cc1[nH]c(-c2cc(-c3cc4c(c(S(C)(=O)=O)c3)C(=O)N([C@@H](C)C3CC3)C4)ccn2)nc1C(=O)N1CC(F)(F)C1. The molecule has 2 aliphatic heterocycles. The summed E-state index contributed by atoms with van der Waals surface area (Å²) in [5, 5.41) is 0. The molecule has 0 radical (unpaired) electrons. The first-order valence-electron chi connectivity index (χ1n) is 12.7. The minimum absolute atomic E-state index is 0.00284. The number of benzene rings is 1. The van der Waals surface area contributed by atoms with Gasteiger partial charge >= 0.3 is 0 Å². The molecular formula is C27H27F2N5O4S. The fraction of sp³-hybridized carbons (Fsp3) is 0.407. The van der Waals surface area contributed by atoms with E-state index in [4.69, 9.17) is 0 Å². The average molecular weight is 556 g/mol. The van der Waals surface area contributed by atoms with Gasteiger partial charge < -0.3 is 14.8 Å². The van der Waals surface area contributed by atoms with Crippen molar-refractivity contribution in [2.75, 3.05) is 19.3 Å². The molecular weight excluding hydrogens is 528 g/mol. The lowest BCUT2D eigenvalue weighted by molar-refractivity contribution is -0.113. The Morgan fingerprint density at radius 3 is 2.54 bits per heavy atom. The first kappa shape index (κ1) is 25.6. The van der Waals surface area contributed by atoms with E-state index in [9.17, 15) is 26.8 Å². The zero-order valence-corrected chi connectivity index (χ0v) is 22.5. The van der Waals surface area contributed by atoms with Crippen molar-refractivity contribution in [3.05, 3.63) is 53.0 Å². The summed E-state index contributed by atoms with van der Waals surface area (Å²) in [4.78, 5) is 40.4. The smallest absolute Gasteiger partial charge is 0.282 e. The van der Waals surface area contributed by atoms with Crippen LogP contribution in [0.15, 0.2) is 35.4 Å². The second-order valence-electron chi connectivity index (χ2n) is 10.8. The number of nitrogens with zero attached hydrogens (tertiary/aromatic N) is 4. The minimum atomic E-state index is -3.71. The zero-order valence-electron chi connectivity index (χ0n) is 21.7. The van der Waals surface area contributed by atoms with Crippen molar-refractivity contribution in [2.45, 2.75) is 50.1 Å². The molecule has 9 nitrogen and oxygen atoms in total. The number of imidazole rings is 1. The molecule has 2 amide bonds. The molecule has 1 atom stereocenters. The predicted octanol–water partition coefficient (Wildman–Crippen LogP) is 3.70. The van der Waals surface area contributed by atoms with Crippen LogP contribution in [0.3, 0.4) is 0 Å². The van der Waals surface area contributed by atoms with Crippen LogP contribution in [0, 0.1) is 12.8 Å². The van der Waals surface area contributed by atoms with Crippen LogP contribution in [0.4, 0.5) is 8.78 Å². The quantitative estimate of drug-likeness (QED) is 0.496. The number of carbonyl (C=O) groups is 2. The second-order valence-corrected chi connectivity index (χ2v) is 12.8. The van der Waals surface area contributed by atoms with Crippen LogP contribution < -0.4 is 0 Å². The molecule has 3 aromatic rings. The maximum atomic E-state index is 13.3. The standard InChI is InChI=1S/C27H27F2N5O4S/c1-14-23(26(36)33-12-27(28,29)13-33)32-24(31-14)20-9-17(6-7-30-20)18-8-19-11-34(15(2)16-4-5-16)25(35)22(19)21(10-18)39(3,37)38/h6-10,15-16H,4-5,11-13H2,1-3H3,(H,31,32)/t15-/m0/s1. The molecule has 1 N–H and O–H groups in total. The number of hydrogen-bond donors (Lipinski definition) is 1. The van der Waals surface area contributed by atoms with Gasteiger partial charge in [0.15, 0.2) is 15.7 Å². The number of likely N-dealkylation sites (tertiary alicyclic amines) is 1. The highest BCUT2D eigenvalue weighted by Crippen LogP contribution is 2.41. The van der Waals surface area contributed by atoms with Crippen LogP contribution in [0.5, 0.6) is 0 Å². The van der Waals surface area contributed by atoms with Crippen LogP contribution >= 0.6 is 0 Å². The number of rotatable bonds is 6. The molecule has 1 aliphatic carbocycles. The number of carbonyl (C=O) groups excluding carboxylic acids is 2. The lowest BCUT2D eigenvalue weighted by atomic mass is 10.0. The number of fused-ring (bicyclic) bond motifs is 1. The van der Waals surface area contributed by atoms with Gasteiger partial charge in [0.05, 0.1) is 23.5 Å². The number of aromatic amines is 1. The third-order valence-corrected chi connectivity index (χ3v) is 8.87. The maximum Gasteiger partial charge on any atom is 0.282 e. The normalized spacial score (nSPS) is 19.2. The monoisotopic (exact) mass is 555 g/mol. The van der Waals surface area contributed by atoms with Crippen molar-refractivity contribution in [2.24, 2.45) is 5.92 Å². The van der Waals surface area contributed by atoms with Gasteiger partial charge in [-0.3, -0.25) is 14.6 Å². The van der Waals surface area contributed by atoms with E-state index in [1.165, 1.54) is 6.07 Å². The Morgan fingerprint density at radius 2 is 1.90 bits per heavy atom. The number of hydrogen-bond acceptors (Lipinski definition) is 6. The topological polar surface area (TPSA) is 116 Å². The summed E-state index contributed by atoms with van der Waals surface area (Å²) in [7, 11) is -3.71. The van der Waals surface area contributed by atoms with E-state index in [1.54, 1.807) is 30.2 Å². The lowest BCUT2D eigenvalue weighted by Gasteiger charge is -2.38. The summed E-state index contributed by atoms with van der Waals surface area (Å²) >= 11 is 0. The van der Waals surface area contributed by atoms with Crippen molar-refractivity contribution in [3.8, 4) is 22.6 Å². The highest BCUT2D eigenvalue weighted by molar-refractivity contribution is 7.90. The van der Waals surface area contributed by atoms with Crippen LogP contribution in [0.2, 0.25) is 0 Å². The van der Waals surface area contributed by atoms with Gasteiger partial charge in [-0.2, -0.15) is 0 Å². The Labute approximate surface area is 224 Å². The number of halogens is 2. The number of aryl methyl sites for hydroxylation is 1. The van der Waals surface area contributed by atoms with Gasteiger partial charge in [0.2, 0.25) is 0 Å². The van der Waals surface area contributed by atoms with Gasteiger partial charge in [0, 0.05) is 30.7 Å². The molecule has 2 aromatic heterocycles. The molecule has 2 fully saturated rings. The van der Waals surface area contributed by atoms with Crippen molar-refractivity contribution in [1.29, 1.82) is 0 Å². The van der Waals surface area contributed by atoms with E-state index < -0.39 is 34.8 Å². The van der Waals surface area contributed by atoms with Crippen LogP contribution in [0.25, 0.3) is 22.6 Å². The summed E-state index contributed by atoms with van der Waals surface area (Å²) in [5.74, 6) is -2.98. The predicted molar refractivity (Wildman–Crippen MR) is 138 cm³/mol. The van der Waals surface area contributed by atoms with Crippen LogP contribution in [-0.4, -0.2) is 76.3 Å². The number of pyridine rings is 1. The van der Waals surface area contributed by atoms with E-state index in [-0.39, 0.29) is 33.9 Å². The second kappa shape index (κ2) is 8.67. The van der Waals surface area contributed by atoms with Crippen molar-refractivity contribution in [1.82, 2.24) is 24.8 Å². The highest BCUT2D eigenvalue weighted by Gasteiger charge is 2.47. The van der Waals surface area contributed by atoms with E-state index in [0.29, 0.717) is 40.5 Å². The van der Waals surface area contributed by atoms with Gasteiger partial charge in [-0.1, -0.05) is 0 Å². The van der Waals surface area contributed by atoms with Gasteiger partial charge in [-0.15, -0.1) is 0 Å². The van der Waals surface area contributed by atoms with Crippen molar-refractivity contribution >= 4 is 21.7 Å². The highest BCUT2D eigenvalue weighted by atomic mass is 32.2. The average Bonchev–Trinajstić information content (AvgIpc) is 3.57. The first-order valence-corrected chi connectivity index (χ1v) is 14.6. The number of nitrogens with one attached hydrogen (secondary N) is 1. The molecule has 4 heterocycles. The van der Waals surface area contributed by atoms with Gasteiger partial charge in [-0.05, 0) is 73.6 Å². The Morgan fingerprint density at radius 1 is 1.18 bits per heavy atom. The summed E-state index contributed by atoms with van der Waals surface area (Å²) in [6.45, 7) is 2.72. The Hall–Kier alpha value is -3.67. The molecule has 0 unspecified atom stereocenters. The molecule has 0 spiro atoms. The summed E-state index contributed by atoms with van der Waals surface area (Å²) in [6, 6.07) is 6.83. The molecule has 1 aromatic carbocycles. The molecule has 1 saturated heterocycles. The largest absolute Gasteiger partial charge is 0.340 e. The molecule has 39 heavy (non-hydrogen) atoms. The fourth-order valence-corrected chi connectivity index (χ4v) is 6.33. The first-order chi connectivity index (χ1) is 18.3.